The summed E-state index contributed by atoms with van der Waals surface area (Å²) in [5, 5.41) is 20.9. The van der Waals surface area contributed by atoms with Gasteiger partial charge in [-0.3, -0.25) is 4.79 Å². The average molecular weight is 290 g/mol. The number of phenolic OH excluding ortho intramolecular Hbond substituents is 1. The maximum absolute atomic E-state index is 11.8. The number of aromatic nitrogens is 1. The van der Waals surface area contributed by atoms with E-state index in [-0.39, 0.29) is 29.5 Å². The van der Waals surface area contributed by atoms with Crippen molar-refractivity contribution in [2.45, 2.75) is 6.92 Å². The summed E-state index contributed by atoms with van der Waals surface area (Å²) in [6, 6.07) is 7.76. The highest BCUT2D eigenvalue weighted by Crippen LogP contribution is 2.24. The van der Waals surface area contributed by atoms with Crippen molar-refractivity contribution >= 4 is 17.6 Å². The van der Waals surface area contributed by atoms with E-state index >= 15 is 0 Å². The van der Waals surface area contributed by atoms with E-state index in [2.05, 4.69) is 10.3 Å². The number of H-pyrrole nitrogens is 1. The Balaban J connectivity index is 1.99. The normalized spacial score (nSPS) is 10.1. The molecule has 2 aromatic rings. The number of carboxylic acid groups (broad SMARTS) is 1. The monoisotopic (exact) mass is 290 g/mol. The molecule has 110 valence electrons. The smallest absolute Gasteiger partial charge is 0.354 e. The zero-order valence-electron chi connectivity index (χ0n) is 11.2. The predicted octanol–water partition coefficient (Wildman–Crippen LogP) is 1.74. The van der Waals surface area contributed by atoms with Gasteiger partial charge in [0.15, 0.2) is 18.1 Å². The van der Waals surface area contributed by atoms with Crippen LogP contribution in [-0.4, -0.2) is 33.7 Å². The number of nitrogens with one attached hydrogen (secondary N) is 2. The Bertz CT molecular complexity index is 678. The van der Waals surface area contributed by atoms with Crippen LogP contribution in [0.2, 0.25) is 0 Å². The van der Waals surface area contributed by atoms with Crippen molar-refractivity contribution in [1.82, 2.24) is 4.98 Å². The molecule has 1 amide bonds. The van der Waals surface area contributed by atoms with Gasteiger partial charge in [0.05, 0.1) is 5.69 Å². The Morgan fingerprint density at radius 2 is 2.05 bits per heavy atom. The molecule has 7 heteroatoms. The molecule has 0 atom stereocenters. The third kappa shape index (κ3) is 3.53. The first-order valence-electron chi connectivity index (χ1n) is 6.11. The molecule has 7 nitrogen and oxygen atoms in total. The van der Waals surface area contributed by atoms with Crippen LogP contribution < -0.4 is 10.1 Å². The summed E-state index contributed by atoms with van der Waals surface area (Å²) in [6.45, 7) is 1.33. The molecule has 0 aliphatic heterocycles. The molecule has 0 aliphatic carbocycles. The average Bonchev–Trinajstić information content (AvgIpc) is 2.79. The summed E-state index contributed by atoms with van der Waals surface area (Å²) < 4.78 is 5.16. The van der Waals surface area contributed by atoms with Gasteiger partial charge >= 0.3 is 5.97 Å². The van der Waals surface area contributed by atoms with E-state index in [9.17, 15) is 14.7 Å². The minimum atomic E-state index is -1.17. The fourth-order valence-electron chi connectivity index (χ4n) is 1.77. The molecular formula is C14H14N2O5. The summed E-state index contributed by atoms with van der Waals surface area (Å²) in [5.41, 5.74) is 0.693. The molecule has 0 unspecified atom stereocenters. The summed E-state index contributed by atoms with van der Waals surface area (Å²) in [4.78, 5) is 25.4. The number of rotatable bonds is 5. The molecule has 0 bridgehead atoms. The van der Waals surface area contributed by atoms with E-state index < -0.39 is 11.9 Å². The van der Waals surface area contributed by atoms with Crippen LogP contribution in [0.4, 0.5) is 5.69 Å². The molecule has 0 spiro atoms. The van der Waals surface area contributed by atoms with E-state index in [4.69, 9.17) is 9.84 Å². The highest BCUT2D eigenvalue weighted by molar-refractivity contribution is 6.00. The lowest BCUT2D eigenvalue weighted by Gasteiger charge is -2.08. The fraction of sp³-hybridized carbons (Fsp3) is 0.143. The van der Waals surface area contributed by atoms with Gasteiger partial charge < -0.3 is 25.3 Å². The van der Waals surface area contributed by atoms with Crippen LogP contribution in [-0.2, 0) is 4.79 Å². The Labute approximate surface area is 120 Å². The van der Waals surface area contributed by atoms with E-state index in [1.54, 1.807) is 19.1 Å². The van der Waals surface area contributed by atoms with Gasteiger partial charge in [-0.2, -0.15) is 0 Å². The number of aryl methyl sites for hydroxylation is 1. The van der Waals surface area contributed by atoms with Crippen molar-refractivity contribution in [3.63, 3.8) is 0 Å². The first-order chi connectivity index (χ1) is 9.97. The van der Waals surface area contributed by atoms with Crippen LogP contribution >= 0.6 is 0 Å². The lowest BCUT2D eigenvalue weighted by Crippen LogP contribution is -2.21. The maximum atomic E-state index is 11.8. The van der Waals surface area contributed by atoms with Gasteiger partial charge in [-0.25, -0.2) is 4.79 Å². The van der Waals surface area contributed by atoms with Crippen LogP contribution in [0.5, 0.6) is 11.5 Å². The molecule has 0 saturated heterocycles. The molecular weight excluding hydrogens is 276 g/mol. The zero-order valence-corrected chi connectivity index (χ0v) is 11.2. The molecule has 1 aromatic heterocycles. The highest BCUT2D eigenvalue weighted by atomic mass is 16.5. The molecule has 21 heavy (non-hydrogen) atoms. The Morgan fingerprint density at radius 3 is 2.71 bits per heavy atom. The topological polar surface area (TPSA) is 112 Å². The maximum Gasteiger partial charge on any atom is 0.354 e. The Hall–Kier alpha value is -2.96. The second-order valence-corrected chi connectivity index (χ2v) is 4.35. The first-order valence-corrected chi connectivity index (χ1v) is 6.11. The number of aromatic carboxylic acids is 1. The standard InChI is InChI=1S/C14H14N2O5/c1-8-6-9(13(15-8)14(19)20)16-12(18)7-21-11-5-3-2-4-10(11)17/h2-6,15,17H,7H2,1H3,(H,16,18)(H,19,20). The highest BCUT2D eigenvalue weighted by Gasteiger charge is 2.15. The number of carbonyl (C=O) groups excluding carboxylic acids is 1. The molecule has 1 aromatic carbocycles. The number of hydrogen-bond donors (Lipinski definition) is 4. The number of carboxylic acids is 1. The molecule has 0 radical (unpaired) electrons. The third-order valence-electron chi connectivity index (χ3n) is 2.66. The quantitative estimate of drug-likeness (QED) is 0.670. The van der Waals surface area contributed by atoms with Crippen LogP contribution in [0.25, 0.3) is 0 Å². The van der Waals surface area contributed by atoms with Crippen LogP contribution in [0.15, 0.2) is 30.3 Å². The zero-order chi connectivity index (χ0) is 15.4. The molecule has 0 fully saturated rings. The first kappa shape index (κ1) is 14.4. The van der Waals surface area contributed by atoms with Gasteiger partial charge in [0.1, 0.15) is 5.69 Å². The van der Waals surface area contributed by atoms with Crippen LogP contribution in [0.3, 0.4) is 0 Å². The second-order valence-electron chi connectivity index (χ2n) is 4.35. The summed E-state index contributed by atoms with van der Waals surface area (Å²) in [6.07, 6.45) is 0. The van der Waals surface area contributed by atoms with Gasteiger partial charge in [-0.05, 0) is 25.1 Å². The van der Waals surface area contributed by atoms with E-state index in [1.807, 2.05) is 0 Å². The number of carbonyl (C=O) groups is 2. The van der Waals surface area contributed by atoms with Crippen LogP contribution in [0.1, 0.15) is 16.2 Å². The van der Waals surface area contributed by atoms with Gasteiger partial charge in [-0.15, -0.1) is 0 Å². The summed E-state index contributed by atoms with van der Waals surface area (Å²) in [5.74, 6) is -1.59. The molecule has 4 N–H and O–H groups in total. The lowest BCUT2D eigenvalue weighted by molar-refractivity contribution is -0.118. The van der Waals surface area contributed by atoms with Gasteiger partial charge in [0.25, 0.3) is 5.91 Å². The Morgan fingerprint density at radius 1 is 1.33 bits per heavy atom. The van der Waals surface area contributed by atoms with Crippen molar-refractivity contribution in [3.8, 4) is 11.5 Å². The molecule has 1 heterocycles. The van der Waals surface area contributed by atoms with Crippen molar-refractivity contribution < 1.29 is 24.5 Å². The number of phenols is 1. The fourth-order valence-corrected chi connectivity index (χ4v) is 1.77. The van der Waals surface area contributed by atoms with Crippen molar-refractivity contribution in [2.75, 3.05) is 11.9 Å². The van der Waals surface area contributed by atoms with Gasteiger partial charge in [0.2, 0.25) is 0 Å². The summed E-state index contributed by atoms with van der Waals surface area (Å²) in [7, 11) is 0. The summed E-state index contributed by atoms with van der Waals surface area (Å²) >= 11 is 0. The molecule has 0 aliphatic rings. The van der Waals surface area contributed by atoms with E-state index in [1.165, 1.54) is 18.2 Å². The molecule has 0 saturated carbocycles. The second kappa shape index (κ2) is 6.00. The number of anilines is 1. The Kier molecular flexibility index (Phi) is 4.13. The number of para-hydroxylation sites is 2. The van der Waals surface area contributed by atoms with Crippen molar-refractivity contribution in [3.05, 3.63) is 41.7 Å². The van der Waals surface area contributed by atoms with E-state index in [0.29, 0.717) is 5.69 Å². The number of ether oxygens (including phenoxy) is 1. The number of benzene rings is 1. The molecule has 2 rings (SSSR count). The number of aromatic amines is 1. The van der Waals surface area contributed by atoms with Gasteiger partial charge in [-0.1, -0.05) is 12.1 Å². The number of amides is 1. The SMILES string of the molecule is Cc1cc(NC(=O)COc2ccccc2O)c(C(=O)O)[nH]1. The largest absolute Gasteiger partial charge is 0.504 e. The van der Waals surface area contributed by atoms with Gasteiger partial charge in [0, 0.05) is 5.69 Å². The number of aromatic hydroxyl groups is 1. The predicted molar refractivity (Wildman–Crippen MR) is 74.7 cm³/mol. The number of hydrogen-bond acceptors (Lipinski definition) is 4. The van der Waals surface area contributed by atoms with Crippen LogP contribution in [0, 0.1) is 6.92 Å². The third-order valence-corrected chi connectivity index (χ3v) is 2.66. The van der Waals surface area contributed by atoms with Crippen molar-refractivity contribution in [2.24, 2.45) is 0 Å². The minimum absolute atomic E-state index is 0.0750. The van der Waals surface area contributed by atoms with E-state index in [0.717, 1.165) is 0 Å². The minimum Gasteiger partial charge on any atom is -0.504 e. The lowest BCUT2D eigenvalue weighted by atomic mass is 10.3. The van der Waals surface area contributed by atoms with Crippen molar-refractivity contribution in [1.29, 1.82) is 0 Å².